The molecule has 0 spiro atoms. The minimum absolute atomic E-state index is 0.274. The normalized spacial score (nSPS) is 12.9. The molecule has 5 heteroatoms. The fraction of sp³-hybridized carbons (Fsp3) is 0.455. The van der Waals surface area contributed by atoms with Gasteiger partial charge in [-0.3, -0.25) is 0 Å². The van der Waals surface area contributed by atoms with Gasteiger partial charge in [0.15, 0.2) is 0 Å². The molecule has 0 bridgehead atoms. The van der Waals surface area contributed by atoms with Crippen LogP contribution in [0.5, 0.6) is 0 Å². The Bertz CT molecular complexity index is 428. The molecule has 1 unspecified atom stereocenters. The first-order chi connectivity index (χ1) is 7.70. The SMILES string of the molecule is CNC(Cc1nc(C)c(C)s1)c1cscn1. The molecule has 2 aromatic rings. The van der Waals surface area contributed by atoms with Gasteiger partial charge in [-0.2, -0.15) is 0 Å². The summed E-state index contributed by atoms with van der Waals surface area (Å²) in [6.07, 6.45) is 0.916. The summed E-state index contributed by atoms with van der Waals surface area (Å²) in [5.41, 5.74) is 4.13. The van der Waals surface area contributed by atoms with Crippen LogP contribution in [-0.2, 0) is 6.42 Å². The van der Waals surface area contributed by atoms with E-state index >= 15 is 0 Å². The van der Waals surface area contributed by atoms with Gasteiger partial charge in [0.05, 0.1) is 27.9 Å². The Labute approximate surface area is 104 Å². The van der Waals surface area contributed by atoms with Crippen molar-refractivity contribution in [3.05, 3.63) is 32.2 Å². The van der Waals surface area contributed by atoms with Gasteiger partial charge >= 0.3 is 0 Å². The van der Waals surface area contributed by atoms with Crippen LogP contribution in [0.2, 0.25) is 0 Å². The van der Waals surface area contributed by atoms with Crippen molar-refractivity contribution in [1.29, 1.82) is 0 Å². The van der Waals surface area contributed by atoms with Gasteiger partial charge in [-0.15, -0.1) is 22.7 Å². The first-order valence-electron chi connectivity index (χ1n) is 5.19. The van der Waals surface area contributed by atoms with E-state index in [1.54, 1.807) is 22.7 Å². The average molecular weight is 253 g/mol. The van der Waals surface area contributed by atoms with Crippen molar-refractivity contribution in [3.8, 4) is 0 Å². The summed E-state index contributed by atoms with van der Waals surface area (Å²) in [5, 5.41) is 6.57. The average Bonchev–Trinajstić information content (AvgIpc) is 2.86. The topological polar surface area (TPSA) is 37.8 Å². The van der Waals surface area contributed by atoms with Crippen LogP contribution in [0.3, 0.4) is 0 Å². The lowest BCUT2D eigenvalue weighted by molar-refractivity contribution is 0.577. The standard InChI is InChI=1S/C11H15N3S2/c1-7-8(2)16-11(14-7)4-9(12-3)10-5-15-6-13-10/h5-6,9,12H,4H2,1-3H3. The number of thiazole rings is 2. The van der Waals surface area contributed by atoms with Gasteiger partial charge in [0.25, 0.3) is 0 Å². The molecule has 16 heavy (non-hydrogen) atoms. The van der Waals surface area contributed by atoms with E-state index in [0.717, 1.165) is 17.8 Å². The molecule has 0 aliphatic heterocycles. The van der Waals surface area contributed by atoms with Crippen LogP contribution in [0.25, 0.3) is 0 Å². The van der Waals surface area contributed by atoms with Crippen molar-refractivity contribution in [3.63, 3.8) is 0 Å². The highest BCUT2D eigenvalue weighted by atomic mass is 32.1. The van der Waals surface area contributed by atoms with E-state index in [1.165, 1.54) is 9.88 Å². The maximum atomic E-state index is 4.56. The fourth-order valence-corrected chi connectivity index (χ4v) is 3.14. The minimum atomic E-state index is 0.274. The number of hydrogen-bond donors (Lipinski definition) is 1. The van der Waals surface area contributed by atoms with Crippen LogP contribution in [0, 0.1) is 13.8 Å². The zero-order valence-electron chi connectivity index (χ0n) is 9.65. The molecule has 0 aliphatic carbocycles. The monoisotopic (exact) mass is 253 g/mol. The van der Waals surface area contributed by atoms with Crippen molar-refractivity contribution in [2.75, 3.05) is 7.05 Å². The van der Waals surface area contributed by atoms with Crippen molar-refractivity contribution >= 4 is 22.7 Å². The maximum absolute atomic E-state index is 4.56. The third kappa shape index (κ3) is 2.48. The molecule has 1 atom stereocenters. The molecule has 2 heterocycles. The van der Waals surface area contributed by atoms with E-state index in [2.05, 4.69) is 34.5 Å². The van der Waals surface area contributed by atoms with Gasteiger partial charge in [0.1, 0.15) is 0 Å². The molecule has 0 radical (unpaired) electrons. The lowest BCUT2D eigenvalue weighted by Gasteiger charge is -2.11. The van der Waals surface area contributed by atoms with Crippen LogP contribution in [-0.4, -0.2) is 17.0 Å². The lowest BCUT2D eigenvalue weighted by atomic mass is 10.1. The maximum Gasteiger partial charge on any atom is 0.0950 e. The van der Waals surface area contributed by atoms with E-state index in [4.69, 9.17) is 0 Å². The first kappa shape index (κ1) is 11.7. The van der Waals surface area contributed by atoms with E-state index in [-0.39, 0.29) is 6.04 Å². The zero-order chi connectivity index (χ0) is 11.5. The van der Waals surface area contributed by atoms with Gasteiger partial charge in [-0.1, -0.05) is 0 Å². The number of aryl methyl sites for hydroxylation is 2. The molecule has 0 amide bonds. The number of rotatable bonds is 4. The summed E-state index contributed by atoms with van der Waals surface area (Å²) in [4.78, 5) is 10.2. The molecule has 2 rings (SSSR count). The number of aromatic nitrogens is 2. The lowest BCUT2D eigenvalue weighted by Crippen LogP contribution is -2.19. The van der Waals surface area contributed by atoms with Crippen LogP contribution in [0.1, 0.15) is 27.3 Å². The quantitative estimate of drug-likeness (QED) is 0.910. The molecule has 3 nitrogen and oxygen atoms in total. The predicted molar refractivity (Wildman–Crippen MR) is 69.2 cm³/mol. The van der Waals surface area contributed by atoms with E-state index in [0.29, 0.717) is 0 Å². The molecule has 2 aromatic heterocycles. The van der Waals surface area contributed by atoms with E-state index < -0.39 is 0 Å². The summed E-state index contributed by atoms with van der Waals surface area (Å²) in [7, 11) is 1.97. The smallest absolute Gasteiger partial charge is 0.0950 e. The predicted octanol–water partition coefficient (Wildman–Crippen LogP) is 2.72. The molecular formula is C11H15N3S2. The van der Waals surface area contributed by atoms with Gasteiger partial charge in [-0.25, -0.2) is 9.97 Å². The third-order valence-corrected chi connectivity index (χ3v) is 4.31. The second-order valence-electron chi connectivity index (χ2n) is 3.71. The fourth-order valence-electron chi connectivity index (χ4n) is 1.55. The Balaban J connectivity index is 2.13. The zero-order valence-corrected chi connectivity index (χ0v) is 11.3. The van der Waals surface area contributed by atoms with Crippen molar-refractivity contribution in [2.45, 2.75) is 26.3 Å². The molecular weight excluding hydrogens is 238 g/mol. The number of nitrogens with one attached hydrogen (secondary N) is 1. The highest BCUT2D eigenvalue weighted by Crippen LogP contribution is 2.23. The van der Waals surface area contributed by atoms with E-state index in [1.807, 2.05) is 12.6 Å². The highest BCUT2D eigenvalue weighted by Gasteiger charge is 2.14. The molecule has 0 aromatic carbocycles. The molecule has 0 fully saturated rings. The van der Waals surface area contributed by atoms with E-state index in [9.17, 15) is 0 Å². The molecule has 0 saturated heterocycles. The third-order valence-electron chi connectivity index (χ3n) is 2.61. The molecule has 1 N–H and O–H groups in total. The van der Waals surface area contributed by atoms with Crippen molar-refractivity contribution < 1.29 is 0 Å². The number of likely N-dealkylation sites (N-methyl/N-ethyl adjacent to an activating group) is 1. The summed E-state index contributed by atoms with van der Waals surface area (Å²) in [5.74, 6) is 0. The Hall–Kier alpha value is -0.780. The Morgan fingerprint density at radius 2 is 2.25 bits per heavy atom. The van der Waals surface area contributed by atoms with Gasteiger partial charge < -0.3 is 5.32 Å². The molecule has 0 aliphatic rings. The summed E-state index contributed by atoms with van der Waals surface area (Å²) in [6, 6.07) is 0.274. The van der Waals surface area contributed by atoms with Crippen LogP contribution < -0.4 is 5.32 Å². The van der Waals surface area contributed by atoms with Gasteiger partial charge in [0.2, 0.25) is 0 Å². The Morgan fingerprint density at radius 3 is 2.75 bits per heavy atom. The van der Waals surface area contributed by atoms with Crippen LogP contribution in [0.15, 0.2) is 10.9 Å². The van der Waals surface area contributed by atoms with Crippen LogP contribution >= 0.6 is 22.7 Å². The van der Waals surface area contributed by atoms with Crippen molar-refractivity contribution in [1.82, 2.24) is 15.3 Å². The van der Waals surface area contributed by atoms with Gasteiger partial charge in [-0.05, 0) is 20.9 Å². The summed E-state index contributed by atoms with van der Waals surface area (Å²) < 4.78 is 0. The van der Waals surface area contributed by atoms with Gasteiger partial charge in [0, 0.05) is 16.7 Å². The summed E-state index contributed by atoms with van der Waals surface area (Å²) >= 11 is 3.41. The Kier molecular flexibility index (Phi) is 3.68. The Morgan fingerprint density at radius 1 is 1.44 bits per heavy atom. The summed E-state index contributed by atoms with van der Waals surface area (Å²) in [6.45, 7) is 4.18. The number of nitrogens with zero attached hydrogens (tertiary/aromatic N) is 2. The molecule has 0 saturated carbocycles. The highest BCUT2D eigenvalue weighted by molar-refractivity contribution is 7.11. The van der Waals surface area contributed by atoms with Crippen molar-refractivity contribution in [2.24, 2.45) is 0 Å². The molecule has 86 valence electrons. The first-order valence-corrected chi connectivity index (χ1v) is 6.95. The second kappa shape index (κ2) is 5.03. The number of hydrogen-bond acceptors (Lipinski definition) is 5. The minimum Gasteiger partial charge on any atom is -0.311 e. The largest absolute Gasteiger partial charge is 0.311 e. The second-order valence-corrected chi connectivity index (χ2v) is 5.71. The van der Waals surface area contributed by atoms with Crippen LogP contribution in [0.4, 0.5) is 0 Å².